The molecule has 0 amide bonds. The lowest BCUT2D eigenvalue weighted by atomic mass is 9.96. The van der Waals surface area contributed by atoms with Crippen LogP contribution in [0.2, 0.25) is 10.0 Å². The molecule has 0 spiro atoms. The van der Waals surface area contributed by atoms with Gasteiger partial charge in [-0.15, -0.1) is 0 Å². The van der Waals surface area contributed by atoms with Crippen molar-refractivity contribution in [1.29, 1.82) is 0 Å². The smallest absolute Gasteiger partial charge is 0.338 e. The number of allylic oxidation sites excluding steroid dienone is 1. The minimum Gasteiger partial charge on any atom is -0.494 e. The zero-order valence-electron chi connectivity index (χ0n) is 18.1. The Bertz CT molecular complexity index is 1440. The molecule has 4 rings (SSSR count). The number of rotatable bonds is 5. The zero-order valence-corrected chi connectivity index (χ0v) is 20.4. The van der Waals surface area contributed by atoms with Crippen molar-refractivity contribution >= 4 is 46.6 Å². The van der Waals surface area contributed by atoms with Crippen molar-refractivity contribution in [2.45, 2.75) is 19.9 Å². The number of esters is 1. The van der Waals surface area contributed by atoms with E-state index in [1.807, 2.05) is 31.2 Å². The summed E-state index contributed by atoms with van der Waals surface area (Å²) in [5.74, 6) is 0.169. The first kappa shape index (κ1) is 23.3. The summed E-state index contributed by atoms with van der Waals surface area (Å²) < 4.78 is 12.6. The van der Waals surface area contributed by atoms with Crippen LogP contribution in [-0.2, 0) is 9.53 Å². The Hall–Kier alpha value is -2.87. The van der Waals surface area contributed by atoms with E-state index in [2.05, 4.69) is 4.99 Å². The number of aromatic nitrogens is 1. The number of carbonyl (C=O) groups is 1. The molecular formula is C24H20Cl2N2O4S. The fourth-order valence-electron chi connectivity index (χ4n) is 3.67. The number of nitrogens with zero attached hydrogens (tertiary/aromatic N) is 2. The molecule has 0 bridgehead atoms. The van der Waals surface area contributed by atoms with Crippen LogP contribution in [0.5, 0.6) is 5.75 Å². The third-order valence-corrected chi connectivity index (χ3v) is 6.90. The molecule has 9 heteroatoms. The molecule has 0 N–H and O–H groups in total. The predicted octanol–water partition coefficient (Wildman–Crippen LogP) is 4.11. The average Bonchev–Trinajstić information content (AvgIpc) is 3.10. The van der Waals surface area contributed by atoms with E-state index in [1.54, 1.807) is 31.2 Å². The maximum absolute atomic E-state index is 13.5. The fraction of sp³-hybridized carbons (Fsp3) is 0.208. The van der Waals surface area contributed by atoms with Gasteiger partial charge >= 0.3 is 5.97 Å². The van der Waals surface area contributed by atoms with Crippen LogP contribution in [0.3, 0.4) is 0 Å². The second kappa shape index (κ2) is 9.55. The van der Waals surface area contributed by atoms with E-state index in [0.29, 0.717) is 43.0 Å². The van der Waals surface area contributed by atoms with E-state index in [0.717, 1.165) is 11.1 Å². The molecule has 1 atom stereocenters. The third kappa shape index (κ3) is 4.49. The van der Waals surface area contributed by atoms with Gasteiger partial charge in [-0.2, -0.15) is 0 Å². The Morgan fingerprint density at radius 3 is 2.55 bits per heavy atom. The van der Waals surface area contributed by atoms with Gasteiger partial charge < -0.3 is 9.47 Å². The van der Waals surface area contributed by atoms with Crippen molar-refractivity contribution in [1.82, 2.24) is 4.57 Å². The molecule has 2 aromatic carbocycles. The fourth-order valence-corrected chi connectivity index (χ4v) is 5.03. The van der Waals surface area contributed by atoms with E-state index in [-0.39, 0.29) is 5.56 Å². The van der Waals surface area contributed by atoms with Gasteiger partial charge in [-0.3, -0.25) is 9.36 Å². The van der Waals surface area contributed by atoms with Gasteiger partial charge in [-0.05, 0) is 55.3 Å². The summed E-state index contributed by atoms with van der Waals surface area (Å²) in [7, 11) is 1.31. The molecule has 0 aliphatic carbocycles. The molecule has 3 aromatic rings. The van der Waals surface area contributed by atoms with Crippen molar-refractivity contribution in [3.8, 4) is 5.75 Å². The molecule has 0 saturated heterocycles. The highest BCUT2D eigenvalue weighted by molar-refractivity contribution is 7.07. The minimum absolute atomic E-state index is 0.266. The first-order valence-electron chi connectivity index (χ1n) is 10.1. The van der Waals surface area contributed by atoms with Gasteiger partial charge in [0, 0.05) is 0 Å². The van der Waals surface area contributed by atoms with Crippen molar-refractivity contribution in [2.75, 3.05) is 13.7 Å². The summed E-state index contributed by atoms with van der Waals surface area (Å²) >= 11 is 13.4. The number of fused-ring (bicyclic) bond motifs is 1. The Morgan fingerprint density at radius 2 is 1.91 bits per heavy atom. The molecule has 1 aromatic heterocycles. The normalized spacial score (nSPS) is 15.8. The van der Waals surface area contributed by atoms with Gasteiger partial charge in [0.15, 0.2) is 4.80 Å². The number of carbonyl (C=O) groups excluding carboxylic acids is 1. The highest BCUT2D eigenvalue weighted by Gasteiger charge is 2.33. The Kier molecular flexibility index (Phi) is 6.74. The monoisotopic (exact) mass is 502 g/mol. The van der Waals surface area contributed by atoms with E-state index in [1.165, 1.54) is 23.0 Å². The molecule has 0 radical (unpaired) electrons. The van der Waals surface area contributed by atoms with Crippen molar-refractivity contribution in [3.05, 3.63) is 94.6 Å². The van der Waals surface area contributed by atoms with Crippen LogP contribution in [0, 0.1) is 0 Å². The molecule has 1 aliphatic heterocycles. The van der Waals surface area contributed by atoms with Gasteiger partial charge in [0.1, 0.15) is 5.75 Å². The molecule has 1 unspecified atom stereocenters. The SMILES string of the molecule is CCOc1ccc(C2C(C(=O)OC)=C(C)N=c3s/c(=C\c4ccc(Cl)c(Cl)c4)c(=O)n32)cc1. The topological polar surface area (TPSA) is 69.9 Å². The summed E-state index contributed by atoms with van der Waals surface area (Å²) in [4.78, 5) is 31.3. The number of benzene rings is 2. The van der Waals surface area contributed by atoms with Gasteiger partial charge in [-0.1, -0.05) is 52.7 Å². The van der Waals surface area contributed by atoms with Crippen LogP contribution in [0.25, 0.3) is 6.08 Å². The molecule has 6 nitrogen and oxygen atoms in total. The Morgan fingerprint density at radius 1 is 1.18 bits per heavy atom. The molecule has 0 saturated carbocycles. The second-order valence-corrected chi connectivity index (χ2v) is 9.07. The number of halogens is 2. The maximum atomic E-state index is 13.5. The van der Waals surface area contributed by atoms with Gasteiger partial charge in [0.2, 0.25) is 0 Å². The highest BCUT2D eigenvalue weighted by Crippen LogP contribution is 2.31. The molecular weight excluding hydrogens is 483 g/mol. The summed E-state index contributed by atoms with van der Waals surface area (Å²) in [5.41, 5.74) is 2.03. The quantitative estimate of drug-likeness (QED) is 0.492. The van der Waals surface area contributed by atoms with Crippen LogP contribution in [0.4, 0.5) is 0 Å². The summed E-state index contributed by atoms with van der Waals surface area (Å²) in [6.45, 7) is 4.18. The molecule has 0 fully saturated rings. The Labute approximate surface area is 204 Å². The second-order valence-electron chi connectivity index (χ2n) is 7.25. The minimum atomic E-state index is -0.680. The summed E-state index contributed by atoms with van der Waals surface area (Å²) in [6.07, 6.45) is 1.73. The predicted molar refractivity (Wildman–Crippen MR) is 130 cm³/mol. The van der Waals surface area contributed by atoms with Crippen molar-refractivity contribution < 1.29 is 14.3 Å². The van der Waals surface area contributed by atoms with Gasteiger partial charge in [0.05, 0.1) is 45.6 Å². The van der Waals surface area contributed by atoms with Crippen molar-refractivity contribution in [3.63, 3.8) is 0 Å². The van der Waals surface area contributed by atoms with Crippen LogP contribution in [0.15, 0.2) is 63.5 Å². The summed E-state index contributed by atoms with van der Waals surface area (Å²) in [6, 6.07) is 11.8. The molecule has 1 aliphatic rings. The largest absolute Gasteiger partial charge is 0.494 e. The zero-order chi connectivity index (χ0) is 23.7. The van der Waals surface area contributed by atoms with Crippen LogP contribution in [-0.4, -0.2) is 24.3 Å². The number of ether oxygens (including phenoxy) is 2. The standard InChI is InChI=1S/C24H20Cl2N2O4S/c1-4-32-16-8-6-15(7-9-16)21-20(23(30)31-3)13(2)27-24-28(21)22(29)19(33-24)12-14-5-10-17(25)18(26)11-14/h5-12,21H,4H2,1-3H3/b19-12-. The third-order valence-electron chi connectivity index (χ3n) is 5.18. The molecule has 33 heavy (non-hydrogen) atoms. The number of hydrogen-bond donors (Lipinski definition) is 0. The van der Waals surface area contributed by atoms with Gasteiger partial charge in [0.25, 0.3) is 5.56 Å². The van der Waals surface area contributed by atoms with E-state index in [9.17, 15) is 9.59 Å². The maximum Gasteiger partial charge on any atom is 0.338 e. The lowest BCUT2D eigenvalue weighted by Crippen LogP contribution is -2.39. The number of methoxy groups -OCH3 is 1. The highest BCUT2D eigenvalue weighted by atomic mass is 35.5. The van der Waals surface area contributed by atoms with Crippen LogP contribution < -0.4 is 19.6 Å². The molecule has 170 valence electrons. The van der Waals surface area contributed by atoms with Crippen molar-refractivity contribution in [2.24, 2.45) is 4.99 Å². The lowest BCUT2D eigenvalue weighted by molar-refractivity contribution is -0.136. The Balaban J connectivity index is 1.92. The van der Waals surface area contributed by atoms with E-state index in [4.69, 9.17) is 32.7 Å². The molecule has 2 heterocycles. The average molecular weight is 503 g/mol. The van der Waals surface area contributed by atoms with E-state index >= 15 is 0 Å². The summed E-state index contributed by atoms with van der Waals surface area (Å²) in [5, 5.41) is 0.832. The lowest BCUT2D eigenvalue weighted by Gasteiger charge is -2.24. The first-order valence-corrected chi connectivity index (χ1v) is 11.7. The number of thiazole rings is 1. The first-order chi connectivity index (χ1) is 15.8. The van der Waals surface area contributed by atoms with Gasteiger partial charge in [-0.25, -0.2) is 9.79 Å². The van der Waals surface area contributed by atoms with Crippen LogP contribution >= 0.6 is 34.5 Å². The van der Waals surface area contributed by atoms with E-state index < -0.39 is 12.0 Å². The van der Waals surface area contributed by atoms with Crippen LogP contribution in [0.1, 0.15) is 31.0 Å². The number of hydrogen-bond acceptors (Lipinski definition) is 6.